The molecule has 3 aromatic rings. The third-order valence-electron chi connectivity index (χ3n) is 7.05. The Morgan fingerprint density at radius 1 is 1.07 bits per heavy atom. The smallest absolute Gasteiger partial charge is 0.252 e. The zero-order valence-electron chi connectivity index (χ0n) is 21.6. The molecule has 1 aromatic carbocycles. The van der Waals surface area contributed by atoms with Crippen LogP contribution in [0.15, 0.2) is 67.1 Å². The van der Waals surface area contributed by atoms with Gasteiger partial charge in [-0.1, -0.05) is 30.3 Å². The summed E-state index contributed by atoms with van der Waals surface area (Å²) < 4.78 is 27.2. The predicted octanol–water partition coefficient (Wildman–Crippen LogP) is 3.40. The summed E-state index contributed by atoms with van der Waals surface area (Å²) in [6.07, 6.45) is 3.03. The van der Waals surface area contributed by atoms with Crippen molar-refractivity contribution in [3.63, 3.8) is 0 Å². The van der Waals surface area contributed by atoms with Crippen LogP contribution >= 0.6 is 0 Å². The van der Waals surface area contributed by atoms with Crippen molar-refractivity contribution in [3.8, 4) is 12.1 Å². The van der Waals surface area contributed by atoms with Gasteiger partial charge in [0.25, 0.3) is 11.8 Å². The Morgan fingerprint density at radius 3 is 2.49 bits per heavy atom. The van der Waals surface area contributed by atoms with Crippen molar-refractivity contribution < 1.29 is 23.2 Å². The van der Waals surface area contributed by atoms with E-state index in [2.05, 4.69) is 15.3 Å². The Morgan fingerprint density at radius 2 is 1.80 bits per heavy atom. The number of hydrogen-bond donors (Lipinski definition) is 1. The number of carbonyl (C=O) groups is 3. The van der Waals surface area contributed by atoms with Crippen LogP contribution in [0, 0.1) is 22.7 Å². The fraction of sp³-hybridized carbons (Fsp3) is 0.276. The number of aromatic nitrogens is 2. The van der Waals surface area contributed by atoms with Gasteiger partial charge in [0.2, 0.25) is 11.8 Å². The summed E-state index contributed by atoms with van der Waals surface area (Å²) in [5, 5.41) is 21.5. The number of carbonyl (C=O) groups excluding carboxylic acids is 3. The molecule has 0 bridgehead atoms. The molecule has 10 nitrogen and oxygen atoms in total. The van der Waals surface area contributed by atoms with Gasteiger partial charge >= 0.3 is 0 Å². The van der Waals surface area contributed by atoms with Crippen molar-refractivity contribution in [1.29, 1.82) is 10.5 Å². The van der Waals surface area contributed by atoms with Crippen LogP contribution in [0.25, 0.3) is 0 Å². The number of nitriles is 2. The first kappa shape index (κ1) is 27.3. The van der Waals surface area contributed by atoms with Crippen LogP contribution in [-0.4, -0.2) is 45.7 Å². The van der Waals surface area contributed by atoms with Crippen LogP contribution in [-0.2, 0) is 14.4 Å². The molecule has 1 saturated carbocycles. The number of anilines is 2. The highest BCUT2D eigenvalue weighted by molar-refractivity contribution is 6.10. The van der Waals surface area contributed by atoms with E-state index in [0.29, 0.717) is 5.56 Å². The molecule has 2 atom stereocenters. The molecule has 1 saturated heterocycles. The SMILES string of the molecule is N#Cc1cncc(N(C(=O)C2CCC(=O)N2c2cc(C#N)ccn2)C(C(=O)NC2CC(F)(F)C2)c2ccccc2)c1. The summed E-state index contributed by atoms with van der Waals surface area (Å²) in [7, 11) is 0. The number of hydrogen-bond acceptors (Lipinski definition) is 7. The van der Waals surface area contributed by atoms with Gasteiger partial charge < -0.3 is 5.32 Å². The molecule has 2 aromatic heterocycles. The van der Waals surface area contributed by atoms with Gasteiger partial charge in [-0.3, -0.25) is 29.2 Å². The topological polar surface area (TPSA) is 143 Å². The number of halogens is 2. The second-order valence-corrected chi connectivity index (χ2v) is 9.87. The van der Waals surface area contributed by atoms with Crippen LogP contribution in [0.1, 0.15) is 48.4 Å². The van der Waals surface area contributed by atoms with Gasteiger partial charge in [0.15, 0.2) is 0 Å². The van der Waals surface area contributed by atoms with Gasteiger partial charge in [-0.05, 0) is 30.2 Å². The van der Waals surface area contributed by atoms with Crippen molar-refractivity contribution in [2.24, 2.45) is 0 Å². The Labute approximate surface area is 233 Å². The lowest BCUT2D eigenvalue weighted by Gasteiger charge is -2.39. The zero-order chi connectivity index (χ0) is 29.1. The molecule has 5 rings (SSSR count). The molecule has 2 unspecified atom stereocenters. The number of nitrogens with one attached hydrogen (secondary N) is 1. The minimum absolute atomic E-state index is 0.0125. The van der Waals surface area contributed by atoms with Crippen molar-refractivity contribution >= 4 is 29.2 Å². The maximum Gasteiger partial charge on any atom is 0.252 e. The first-order valence-electron chi connectivity index (χ1n) is 12.8. The summed E-state index contributed by atoms with van der Waals surface area (Å²) >= 11 is 0. The van der Waals surface area contributed by atoms with Gasteiger partial charge in [-0.15, -0.1) is 0 Å². The number of pyridine rings is 2. The molecule has 0 spiro atoms. The molecule has 41 heavy (non-hydrogen) atoms. The lowest BCUT2D eigenvalue weighted by molar-refractivity contribution is -0.133. The van der Waals surface area contributed by atoms with Crippen LogP contribution < -0.4 is 15.1 Å². The van der Waals surface area contributed by atoms with Crippen LogP contribution in [0.5, 0.6) is 0 Å². The Balaban J connectivity index is 1.60. The predicted molar refractivity (Wildman–Crippen MR) is 141 cm³/mol. The van der Waals surface area contributed by atoms with Gasteiger partial charge in [0, 0.05) is 37.7 Å². The highest BCUT2D eigenvalue weighted by Gasteiger charge is 2.48. The summed E-state index contributed by atoms with van der Waals surface area (Å²) in [6.45, 7) is 0. The normalized spacial score (nSPS) is 18.5. The Bertz CT molecular complexity index is 1580. The van der Waals surface area contributed by atoms with E-state index in [-0.39, 0.29) is 35.5 Å². The number of nitrogens with zero attached hydrogens (tertiary/aromatic N) is 6. The minimum atomic E-state index is -2.88. The third-order valence-corrected chi connectivity index (χ3v) is 7.05. The summed E-state index contributed by atoms with van der Waals surface area (Å²) in [5.41, 5.74) is 0.846. The molecule has 1 N–H and O–H groups in total. The van der Waals surface area contributed by atoms with Gasteiger partial charge in [-0.2, -0.15) is 10.5 Å². The van der Waals surface area contributed by atoms with Crippen molar-refractivity contribution in [3.05, 3.63) is 83.8 Å². The molecule has 2 fully saturated rings. The van der Waals surface area contributed by atoms with E-state index in [1.165, 1.54) is 41.7 Å². The lowest BCUT2D eigenvalue weighted by Crippen LogP contribution is -2.56. The summed E-state index contributed by atoms with van der Waals surface area (Å²) in [5.74, 6) is -4.54. The minimum Gasteiger partial charge on any atom is -0.351 e. The maximum absolute atomic E-state index is 14.4. The Kier molecular flexibility index (Phi) is 7.40. The van der Waals surface area contributed by atoms with Crippen molar-refractivity contribution in [1.82, 2.24) is 15.3 Å². The highest BCUT2D eigenvalue weighted by Crippen LogP contribution is 2.39. The second kappa shape index (κ2) is 11.1. The number of benzene rings is 1. The van der Waals surface area contributed by atoms with E-state index in [1.54, 1.807) is 30.3 Å². The first-order valence-corrected chi connectivity index (χ1v) is 12.8. The maximum atomic E-state index is 14.4. The summed E-state index contributed by atoms with van der Waals surface area (Å²) in [6, 6.07) is 13.3. The third kappa shape index (κ3) is 5.58. The molecular formula is C29H23F2N7O3. The molecule has 1 aliphatic heterocycles. The van der Waals surface area contributed by atoms with E-state index < -0.39 is 54.6 Å². The molecule has 2 aliphatic rings. The average Bonchev–Trinajstić information content (AvgIpc) is 3.36. The zero-order valence-corrected chi connectivity index (χ0v) is 21.6. The molecule has 3 amide bonds. The number of alkyl halides is 2. The van der Waals surface area contributed by atoms with Crippen LogP contribution in [0.2, 0.25) is 0 Å². The standard InChI is InChI=1S/C29H23F2N7O3/c30-29(31)12-21(13-29)36-27(40)26(20-4-2-1-3-5-20)37(22-10-19(15-33)16-34-17-22)28(41)23-6-7-25(39)38(23)24-11-18(14-32)8-9-35-24/h1-5,8-11,16-17,21,23,26H,6-7,12-13H2,(H,36,40). The van der Waals surface area contributed by atoms with Gasteiger partial charge in [-0.25, -0.2) is 13.8 Å². The highest BCUT2D eigenvalue weighted by atomic mass is 19.3. The van der Waals surface area contributed by atoms with E-state index in [1.807, 2.05) is 12.1 Å². The van der Waals surface area contributed by atoms with Gasteiger partial charge in [0.05, 0.1) is 29.1 Å². The average molecular weight is 556 g/mol. The second-order valence-electron chi connectivity index (χ2n) is 9.87. The van der Waals surface area contributed by atoms with E-state index in [0.717, 1.165) is 4.90 Å². The number of rotatable bonds is 7. The van der Waals surface area contributed by atoms with E-state index in [4.69, 9.17) is 0 Å². The molecule has 206 valence electrons. The van der Waals surface area contributed by atoms with Crippen molar-refractivity contribution in [2.45, 2.75) is 49.7 Å². The molecular weight excluding hydrogens is 532 g/mol. The lowest BCUT2D eigenvalue weighted by atomic mass is 9.87. The molecule has 0 radical (unpaired) electrons. The van der Waals surface area contributed by atoms with Crippen molar-refractivity contribution in [2.75, 3.05) is 9.80 Å². The molecule has 1 aliphatic carbocycles. The fourth-order valence-corrected chi connectivity index (χ4v) is 5.11. The Hall–Kier alpha value is -5.23. The van der Waals surface area contributed by atoms with E-state index >= 15 is 0 Å². The fourth-order valence-electron chi connectivity index (χ4n) is 5.11. The van der Waals surface area contributed by atoms with E-state index in [9.17, 15) is 33.7 Å². The quantitative estimate of drug-likeness (QED) is 0.471. The van der Waals surface area contributed by atoms with Crippen LogP contribution in [0.3, 0.4) is 0 Å². The van der Waals surface area contributed by atoms with Crippen LogP contribution in [0.4, 0.5) is 20.3 Å². The van der Waals surface area contributed by atoms with Gasteiger partial charge in [0.1, 0.15) is 24.0 Å². The largest absolute Gasteiger partial charge is 0.351 e. The molecule has 12 heteroatoms. The monoisotopic (exact) mass is 555 g/mol. The first-order chi connectivity index (χ1) is 19.7. The molecule has 3 heterocycles. The number of amides is 3. The summed E-state index contributed by atoms with van der Waals surface area (Å²) in [4.78, 5) is 51.9.